The predicted molar refractivity (Wildman–Crippen MR) is 95.5 cm³/mol. The van der Waals surface area contributed by atoms with E-state index in [2.05, 4.69) is 20.6 Å². The number of hydrogen-bond donors (Lipinski definition) is 2. The summed E-state index contributed by atoms with van der Waals surface area (Å²) >= 11 is 12.1. The molecule has 0 aliphatic carbocycles. The molecule has 0 amide bonds. The molecule has 3 rings (SSSR count). The number of nitrogens with zero attached hydrogens (tertiary/aromatic N) is 2. The van der Waals surface area contributed by atoms with Gasteiger partial charge in [-0.15, -0.1) is 0 Å². The zero-order chi connectivity index (χ0) is 16.9. The first-order chi connectivity index (χ1) is 11.6. The second-order valence-electron chi connectivity index (χ2n) is 4.99. The van der Waals surface area contributed by atoms with Crippen LogP contribution in [0.4, 0.5) is 21.8 Å². The van der Waals surface area contributed by atoms with E-state index in [0.29, 0.717) is 34.0 Å². The topological polar surface area (TPSA) is 49.8 Å². The maximum Gasteiger partial charge on any atom is 0.224 e. The minimum Gasteiger partial charge on any atom is -0.350 e. The number of benzene rings is 2. The van der Waals surface area contributed by atoms with Crippen molar-refractivity contribution in [3.05, 3.63) is 76.2 Å². The van der Waals surface area contributed by atoms with Crippen molar-refractivity contribution >= 4 is 40.7 Å². The Morgan fingerprint density at radius 1 is 1.00 bits per heavy atom. The predicted octanol–water partition coefficient (Wildman–Crippen LogP) is 5.28. The molecule has 0 radical (unpaired) electrons. The van der Waals surface area contributed by atoms with Crippen LogP contribution in [0.2, 0.25) is 10.0 Å². The molecule has 2 aromatic carbocycles. The van der Waals surface area contributed by atoms with E-state index >= 15 is 0 Å². The van der Waals surface area contributed by atoms with E-state index in [1.54, 1.807) is 42.6 Å². The standard InChI is InChI=1S/C17H13Cl2FN4/c18-12-3-6-14(19)15(9-12)23-16-7-8-21-17(24-16)22-10-11-1-4-13(20)5-2-11/h1-9H,10H2,(H2,21,22,23,24). The van der Waals surface area contributed by atoms with Crippen LogP contribution in [0.3, 0.4) is 0 Å². The summed E-state index contributed by atoms with van der Waals surface area (Å²) in [4.78, 5) is 8.52. The van der Waals surface area contributed by atoms with Crippen LogP contribution in [-0.4, -0.2) is 9.97 Å². The number of anilines is 3. The molecule has 0 saturated heterocycles. The largest absolute Gasteiger partial charge is 0.350 e. The quantitative estimate of drug-likeness (QED) is 0.648. The van der Waals surface area contributed by atoms with Crippen molar-refractivity contribution in [3.8, 4) is 0 Å². The van der Waals surface area contributed by atoms with Gasteiger partial charge in [-0.1, -0.05) is 35.3 Å². The van der Waals surface area contributed by atoms with E-state index < -0.39 is 0 Å². The second-order valence-corrected chi connectivity index (χ2v) is 5.84. The highest BCUT2D eigenvalue weighted by atomic mass is 35.5. The van der Waals surface area contributed by atoms with Crippen LogP contribution in [0.1, 0.15) is 5.56 Å². The highest BCUT2D eigenvalue weighted by Crippen LogP contribution is 2.27. The molecule has 0 unspecified atom stereocenters. The van der Waals surface area contributed by atoms with Gasteiger partial charge in [0.2, 0.25) is 5.95 Å². The lowest BCUT2D eigenvalue weighted by Crippen LogP contribution is -2.05. The van der Waals surface area contributed by atoms with Gasteiger partial charge in [0.25, 0.3) is 0 Å². The van der Waals surface area contributed by atoms with Gasteiger partial charge in [-0.05, 0) is 42.0 Å². The lowest BCUT2D eigenvalue weighted by molar-refractivity contribution is 0.627. The van der Waals surface area contributed by atoms with Gasteiger partial charge in [0.15, 0.2) is 0 Å². The molecule has 0 bridgehead atoms. The van der Waals surface area contributed by atoms with Crippen LogP contribution < -0.4 is 10.6 Å². The lowest BCUT2D eigenvalue weighted by Gasteiger charge is -2.10. The van der Waals surface area contributed by atoms with E-state index in [1.807, 2.05) is 0 Å². The van der Waals surface area contributed by atoms with Crippen LogP contribution in [-0.2, 0) is 6.54 Å². The van der Waals surface area contributed by atoms with Gasteiger partial charge in [0.05, 0.1) is 10.7 Å². The molecule has 1 aromatic heterocycles. The Labute approximate surface area is 148 Å². The highest BCUT2D eigenvalue weighted by Gasteiger charge is 2.04. The fourth-order valence-corrected chi connectivity index (χ4v) is 2.37. The van der Waals surface area contributed by atoms with Crippen molar-refractivity contribution in [1.29, 1.82) is 0 Å². The van der Waals surface area contributed by atoms with Crippen LogP contribution in [0.5, 0.6) is 0 Å². The Morgan fingerprint density at radius 2 is 1.79 bits per heavy atom. The molecule has 0 fully saturated rings. The molecule has 24 heavy (non-hydrogen) atoms. The monoisotopic (exact) mass is 362 g/mol. The number of aromatic nitrogens is 2. The van der Waals surface area contributed by atoms with Gasteiger partial charge < -0.3 is 10.6 Å². The van der Waals surface area contributed by atoms with Crippen molar-refractivity contribution in [2.24, 2.45) is 0 Å². The minimum atomic E-state index is -0.264. The summed E-state index contributed by atoms with van der Waals surface area (Å²) in [6.07, 6.45) is 1.63. The first-order valence-electron chi connectivity index (χ1n) is 7.13. The molecule has 0 spiro atoms. The molecule has 4 nitrogen and oxygen atoms in total. The number of halogens is 3. The SMILES string of the molecule is Fc1ccc(CNc2nccc(Nc3cc(Cl)ccc3Cl)n2)cc1. The van der Waals surface area contributed by atoms with Crippen molar-refractivity contribution < 1.29 is 4.39 Å². The summed E-state index contributed by atoms with van der Waals surface area (Å²) in [5, 5.41) is 7.31. The summed E-state index contributed by atoms with van der Waals surface area (Å²) in [7, 11) is 0. The minimum absolute atomic E-state index is 0.264. The van der Waals surface area contributed by atoms with E-state index in [4.69, 9.17) is 23.2 Å². The Bertz CT molecular complexity index is 840. The van der Waals surface area contributed by atoms with Gasteiger partial charge in [-0.2, -0.15) is 4.98 Å². The van der Waals surface area contributed by atoms with Crippen molar-refractivity contribution in [2.75, 3.05) is 10.6 Å². The maximum absolute atomic E-state index is 12.9. The molecule has 7 heteroatoms. The maximum atomic E-state index is 12.9. The Kier molecular flexibility index (Phi) is 5.13. The second kappa shape index (κ2) is 7.47. The Morgan fingerprint density at radius 3 is 2.58 bits per heavy atom. The van der Waals surface area contributed by atoms with Gasteiger partial charge in [0.1, 0.15) is 11.6 Å². The van der Waals surface area contributed by atoms with Crippen molar-refractivity contribution in [2.45, 2.75) is 6.54 Å². The van der Waals surface area contributed by atoms with Gasteiger partial charge in [-0.25, -0.2) is 9.37 Å². The lowest BCUT2D eigenvalue weighted by atomic mass is 10.2. The zero-order valence-corrected chi connectivity index (χ0v) is 13.9. The Balaban J connectivity index is 1.69. The molecule has 0 atom stereocenters. The highest BCUT2D eigenvalue weighted by molar-refractivity contribution is 6.35. The average Bonchev–Trinajstić information content (AvgIpc) is 2.58. The van der Waals surface area contributed by atoms with E-state index in [1.165, 1.54) is 12.1 Å². The average molecular weight is 363 g/mol. The van der Waals surface area contributed by atoms with Crippen LogP contribution in [0.25, 0.3) is 0 Å². The summed E-state index contributed by atoms with van der Waals surface area (Å²) in [6, 6.07) is 13.1. The third kappa shape index (κ3) is 4.34. The van der Waals surface area contributed by atoms with Crippen LogP contribution in [0, 0.1) is 5.82 Å². The van der Waals surface area contributed by atoms with E-state index in [9.17, 15) is 4.39 Å². The fraction of sp³-hybridized carbons (Fsp3) is 0.0588. The molecule has 0 aliphatic heterocycles. The van der Waals surface area contributed by atoms with E-state index in [-0.39, 0.29) is 5.82 Å². The summed E-state index contributed by atoms with van der Waals surface area (Å²) < 4.78 is 12.9. The van der Waals surface area contributed by atoms with Crippen molar-refractivity contribution in [3.63, 3.8) is 0 Å². The van der Waals surface area contributed by atoms with Crippen LogP contribution >= 0.6 is 23.2 Å². The van der Waals surface area contributed by atoms with Gasteiger partial charge in [-0.3, -0.25) is 0 Å². The number of hydrogen-bond acceptors (Lipinski definition) is 4. The first kappa shape index (κ1) is 16.5. The summed E-state index contributed by atoms with van der Waals surface area (Å²) in [6.45, 7) is 0.488. The van der Waals surface area contributed by atoms with Crippen LogP contribution in [0.15, 0.2) is 54.7 Å². The number of rotatable bonds is 5. The Hall–Kier alpha value is -2.37. The molecule has 3 aromatic rings. The third-order valence-electron chi connectivity index (χ3n) is 3.21. The van der Waals surface area contributed by atoms with E-state index in [0.717, 1.165) is 5.56 Å². The molecule has 1 heterocycles. The first-order valence-corrected chi connectivity index (χ1v) is 7.89. The zero-order valence-electron chi connectivity index (χ0n) is 12.4. The molecule has 0 saturated carbocycles. The van der Waals surface area contributed by atoms with Crippen molar-refractivity contribution in [1.82, 2.24) is 9.97 Å². The summed E-state index contributed by atoms with van der Waals surface area (Å²) in [5.74, 6) is 0.762. The third-order valence-corrected chi connectivity index (χ3v) is 3.78. The van der Waals surface area contributed by atoms with Gasteiger partial charge in [0, 0.05) is 17.8 Å². The smallest absolute Gasteiger partial charge is 0.224 e. The normalized spacial score (nSPS) is 10.5. The fourth-order valence-electron chi connectivity index (χ4n) is 2.03. The molecular weight excluding hydrogens is 350 g/mol. The molecular formula is C17H13Cl2FN4. The number of nitrogens with one attached hydrogen (secondary N) is 2. The molecule has 2 N–H and O–H groups in total. The molecule has 0 aliphatic rings. The summed E-state index contributed by atoms with van der Waals surface area (Å²) in [5.41, 5.74) is 1.59. The molecule has 122 valence electrons. The van der Waals surface area contributed by atoms with Gasteiger partial charge >= 0.3 is 0 Å².